The van der Waals surface area contributed by atoms with Crippen molar-refractivity contribution in [2.75, 3.05) is 7.11 Å². The Kier molecular flexibility index (Phi) is 5.78. The van der Waals surface area contributed by atoms with Gasteiger partial charge in [0.1, 0.15) is 22.3 Å². The monoisotopic (exact) mass is 479 g/mol. The number of ether oxygens (including phenoxy) is 1. The highest BCUT2D eigenvalue weighted by Crippen LogP contribution is 2.37. The Bertz CT molecular complexity index is 1290. The third-order valence-corrected chi connectivity index (χ3v) is 7.07. The summed E-state index contributed by atoms with van der Waals surface area (Å²) in [5.74, 6) is 0.829. The molecule has 2 aromatic rings. The molecular weight excluding hydrogens is 458 g/mol. The van der Waals surface area contributed by atoms with Crippen LogP contribution in [0.4, 0.5) is 5.69 Å². The number of nitrogens with one attached hydrogen (secondary N) is 1. The Morgan fingerprint density at radius 3 is 2.79 bits per heavy atom. The number of hydrazone groups is 1. The first-order valence-corrected chi connectivity index (χ1v) is 11.7. The van der Waals surface area contributed by atoms with Gasteiger partial charge in [0.25, 0.3) is 11.6 Å². The number of amides is 1. The summed E-state index contributed by atoms with van der Waals surface area (Å²) in [5, 5.41) is 27.0. The lowest BCUT2D eigenvalue weighted by Gasteiger charge is -2.20. The third-order valence-electron chi connectivity index (χ3n) is 6.00. The normalized spacial score (nSPS) is 19.8. The van der Waals surface area contributed by atoms with Crippen molar-refractivity contribution in [1.82, 2.24) is 5.01 Å². The van der Waals surface area contributed by atoms with Gasteiger partial charge in [-0.15, -0.1) is 0 Å². The number of non-ortho nitro benzene ring substituents is 1. The molecule has 1 aromatic heterocycles. The summed E-state index contributed by atoms with van der Waals surface area (Å²) < 4.78 is 11.1. The van der Waals surface area contributed by atoms with Crippen LogP contribution in [0, 0.1) is 21.4 Å². The van der Waals surface area contributed by atoms with E-state index in [-0.39, 0.29) is 22.8 Å². The maximum absolute atomic E-state index is 12.7. The zero-order valence-corrected chi connectivity index (χ0v) is 19.1. The van der Waals surface area contributed by atoms with Gasteiger partial charge >= 0.3 is 0 Å². The molecule has 2 aliphatic heterocycles. The Hall–Kier alpha value is -3.73. The smallest absolute Gasteiger partial charge is 0.283 e. The maximum atomic E-state index is 12.7. The van der Waals surface area contributed by atoms with Gasteiger partial charge in [-0.3, -0.25) is 20.3 Å². The fraction of sp³-hybridized carbons (Fsp3) is 0.304. The number of hydrogen-bond donors (Lipinski definition) is 1. The van der Waals surface area contributed by atoms with Crippen LogP contribution >= 0.6 is 11.8 Å². The molecule has 0 bridgehead atoms. The lowest BCUT2D eigenvalue weighted by Crippen LogP contribution is -2.35. The van der Waals surface area contributed by atoms with Crippen LogP contribution in [0.3, 0.4) is 0 Å². The van der Waals surface area contributed by atoms with Gasteiger partial charge in [0.2, 0.25) is 5.17 Å². The van der Waals surface area contributed by atoms with Crippen LogP contribution in [-0.4, -0.2) is 39.0 Å². The second kappa shape index (κ2) is 8.90. The van der Waals surface area contributed by atoms with Gasteiger partial charge in [-0.2, -0.15) is 15.1 Å². The molecule has 1 aliphatic carbocycles. The lowest BCUT2D eigenvalue weighted by atomic mass is 9.90. The minimum Gasteiger partial charge on any atom is -0.496 e. The molecular formula is C23H21N5O5S. The van der Waals surface area contributed by atoms with Crippen molar-refractivity contribution < 1.29 is 18.9 Å². The molecule has 1 saturated carbocycles. The van der Waals surface area contributed by atoms with E-state index in [1.807, 2.05) is 0 Å². The lowest BCUT2D eigenvalue weighted by molar-refractivity contribution is -0.384. The molecule has 10 nitrogen and oxygen atoms in total. The molecule has 5 rings (SSSR count). The van der Waals surface area contributed by atoms with Gasteiger partial charge < -0.3 is 9.15 Å². The Morgan fingerprint density at radius 1 is 1.26 bits per heavy atom. The molecule has 0 spiro atoms. The van der Waals surface area contributed by atoms with Crippen LogP contribution in [0.15, 0.2) is 50.4 Å². The van der Waals surface area contributed by atoms with Crippen LogP contribution in [0.1, 0.15) is 37.9 Å². The summed E-state index contributed by atoms with van der Waals surface area (Å²) >= 11 is 1.38. The quantitative estimate of drug-likeness (QED) is 0.360. The summed E-state index contributed by atoms with van der Waals surface area (Å²) in [6, 6.07) is 7.55. The average Bonchev–Trinajstić information content (AvgIpc) is 3.49. The number of hydrogen-bond acceptors (Lipinski definition) is 8. The van der Waals surface area contributed by atoms with Crippen molar-refractivity contribution in [1.29, 1.82) is 5.41 Å². The first kappa shape index (κ1) is 22.1. The molecule has 0 radical (unpaired) electrons. The highest BCUT2D eigenvalue weighted by atomic mass is 32.2. The van der Waals surface area contributed by atoms with Crippen molar-refractivity contribution in [3.05, 3.63) is 51.8 Å². The zero-order valence-electron chi connectivity index (χ0n) is 18.3. The van der Waals surface area contributed by atoms with Crippen molar-refractivity contribution in [2.45, 2.75) is 32.1 Å². The van der Waals surface area contributed by atoms with Crippen molar-refractivity contribution >= 4 is 45.5 Å². The van der Waals surface area contributed by atoms with Crippen molar-refractivity contribution in [2.24, 2.45) is 16.0 Å². The number of fused-ring (bicyclic) bond motifs is 1. The van der Waals surface area contributed by atoms with E-state index < -0.39 is 10.8 Å². The molecule has 1 amide bonds. The topological polar surface area (TPSA) is 134 Å². The summed E-state index contributed by atoms with van der Waals surface area (Å²) in [7, 11) is 1.42. The summed E-state index contributed by atoms with van der Waals surface area (Å²) in [4.78, 5) is 27.4. The number of rotatable bonds is 5. The minimum absolute atomic E-state index is 0.0424. The molecule has 0 unspecified atom stereocenters. The van der Waals surface area contributed by atoms with E-state index in [1.165, 1.54) is 61.4 Å². The summed E-state index contributed by atoms with van der Waals surface area (Å²) in [5.41, 5.74) is 0.511. The zero-order chi connectivity index (χ0) is 23.8. The number of amidine groups is 2. The number of nitro groups is 1. The van der Waals surface area contributed by atoms with E-state index in [4.69, 9.17) is 14.6 Å². The number of nitrogens with zero attached hydrogens (tertiary/aromatic N) is 4. The van der Waals surface area contributed by atoms with E-state index in [2.05, 4.69) is 10.1 Å². The molecule has 34 heavy (non-hydrogen) atoms. The van der Waals surface area contributed by atoms with E-state index in [0.717, 1.165) is 17.9 Å². The SMILES string of the molecule is COc1cc([N+](=O)[O-])ccc1-c1ccc(/C=C2\C(=N)N3N=C(C4CCCCC4)SC3=NC2=O)o1. The third kappa shape index (κ3) is 4.03. The first-order chi connectivity index (χ1) is 16.4. The number of aliphatic imine (C=N–C) groups is 1. The standard InChI is InChI=1S/C23H21N5O5S/c1-32-19-11-14(28(30)31)7-9-16(19)18-10-8-15(33-18)12-17-20(24)27-23(25-21(17)29)34-22(26-27)13-5-3-2-4-6-13/h7-13,24H,2-6H2,1H3/b17-12+,24-20?. The molecule has 1 aromatic carbocycles. The number of nitro benzene ring substituents is 1. The van der Waals surface area contributed by atoms with Crippen LogP contribution in [-0.2, 0) is 4.79 Å². The van der Waals surface area contributed by atoms with Gasteiger partial charge in [-0.1, -0.05) is 19.3 Å². The second-order valence-corrected chi connectivity index (χ2v) is 9.12. The summed E-state index contributed by atoms with van der Waals surface area (Å²) in [6.45, 7) is 0. The molecule has 0 atom stereocenters. The average molecular weight is 480 g/mol. The van der Waals surface area contributed by atoms with E-state index >= 15 is 0 Å². The fourth-order valence-corrected chi connectivity index (χ4v) is 5.29. The van der Waals surface area contributed by atoms with Gasteiger partial charge in [0, 0.05) is 12.0 Å². The van der Waals surface area contributed by atoms with Crippen molar-refractivity contribution in [3.8, 4) is 17.1 Å². The highest BCUT2D eigenvalue weighted by molar-refractivity contribution is 8.27. The van der Waals surface area contributed by atoms with Crippen LogP contribution in [0.25, 0.3) is 17.4 Å². The number of thioether (sulfide) groups is 1. The predicted molar refractivity (Wildman–Crippen MR) is 129 cm³/mol. The van der Waals surface area contributed by atoms with Crippen molar-refractivity contribution in [3.63, 3.8) is 0 Å². The summed E-state index contributed by atoms with van der Waals surface area (Å²) in [6.07, 6.45) is 7.16. The predicted octanol–water partition coefficient (Wildman–Crippen LogP) is 5.06. The van der Waals surface area contributed by atoms with E-state index in [9.17, 15) is 14.9 Å². The van der Waals surface area contributed by atoms with Crippen LogP contribution < -0.4 is 4.74 Å². The largest absolute Gasteiger partial charge is 0.496 e. The number of benzene rings is 1. The molecule has 11 heteroatoms. The van der Waals surface area contributed by atoms with Gasteiger partial charge in [-0.05, 0) is 48.9 Å². The number of carbonyl (C=O) groups excluding carboxylic acids is 1. The number of carbonyl (C=O) groups is 1. The van der Waals surface area contributed by atoms with Crippen LogP contribution in [0.2, 0.25) is 0 Å². The van der Waals surface area contributed by atoms with E-state index in [0.29, 0.717) is 28.2 Å². The second-order valence-electron chi connectivity index (χ2n) is 8.14. The molecule has 174 valence electrons. The molecule has 3 aliphatic rings. The number of methoxy groups -OCH3 is 1. The van der Waals surface area contributed by atoms with Crippen LogP contribution in [0.5, 0.6) is 5.75 Å². The van der Waals surface area contributed by atoms with Gasteiger partial charge in [0.15, 0.2) is 5.84 Å². The molecule has 1 fully saturated rings. The molecule has 0 saturated heterocycles. The van der Waals surface area contributed by atoms with Gasteiger partial charge in [0.05, 0.1) is 29.2 Å². The fourth-order valence-electron chi connectivity index (χ4n) is 4.24. The van der Waals surface area contributed by atoms with Gasteiger partial charge in [-0.25, -0.2) is 0 Å². The molecule has 3 heterocycles. The molecule has 1 N–H and O–H groups in total. The Balaban J connectivity index is 1.41. The minimum atomic E-state index is -0.519. The first-order valence-electron chi connectivity index (χ1n) is 10.9. The maximum Gasteiger partial charge on any atom is 0.283 e. The Labute approximate surface area is 199 Å². The Morgan fingerprint density at radius 2 is 2.06 bits per heavy atom. The number of furan rings is 1. The highest BCUT2D eigenvalue weighted by Gasteiger charge is 2.38. The van der Waals surface area contributed by atoms with E-state index in [1.54, 1.807) is 18.2 Å².